The predicted molar refractivity (Wildman–Crippen MR) is 119 cm³/mol. The molecule has 1 aromatic carbocycles. The van der Waals surface area contributed by atoms with Crippen LogP contribution in [-0.2, 0) is 16.1 Å². The Bertz CT molecular complexity index is 1320. The number of hydrogen-bond donors (Lipinski definition) is 1. The fourth-order valence-corrected chi connectivity index (χ4v) is 3.92. The average Bonchev–Trinajstić information content (AvgIpc) is 2.77. The van der Waals surface area contributed by atoms with E-state index >= 15 is 0 Å². The summed E-state index contributed by atoms with van der Waals surface area (Å²) in [6.45, 7) is 3.48. The third kappa shape index (κ3) is 3.73. The average molecular weight is 453 g/mol. The Hall–Kier alpha value is -3.65. The number of carbonyl (C=O) groups is 2. The number of pyridine rings is 1. The van der Waals surface area contributed by atoms with Gasteiger partial charge in [-0.3, -0.25) is 9.20 Å². The first-order chi connectivity index (χ1) is 15.3. The number of carbonyl (C=O) groups excluding carboxylic acids is 2. The molecule has 0 fully saturated rings. The van der Waals surface area contributed by atoms with Gasteiger partial charge in [0.15, 0.2) is 0 Å². The van der Waals surface area contributed by atoms with E-state index in [4.69, 9.17) is 16.3 Å². The van der Waals surface area contributed by atoms with Crippen molar-refractivity contribution in [3.8, 4) is 0 Å². The summed E-state index contributed by atoms with van der Waals surface area (Å²) in [6.07, 6.45) is 1.57. The maximum Gasteiger partial charge on any atom is 0.338 e. The van der Waals surface area contributed by atoms with Gasteiger partial charge in [-0.1, -0.05) is 48.0 Å². The van der Waals surface area contributed by atoms with Crippen LogP contribution >= 0.6 is 11.6 Å². The zero-order valence-corrected chi connectivity index (χ0v) is 18.5. The Kier molecular flexibility index (Phi) is 5.71. The van der Waals surface area contributed by atoms with E-state index in [2.05, 4.69) is 10.3 Å². The first kappa shape index (κ1) is 21.6. The molecule has 0 radical (unpaired) electrons. The molecule has 8 nitrogen and oxygen atoms in total. The van der Waals surface area contributed by atoms with Crippen LogP contribution in [-0.4, -0.2) is 33.3 Å². The van der Waals surface area contributed by atoms with E-state index in [0.717, 1.165) is 11.1 Å². The molecule has 0 spiro atoms. The van der Waals surface area contributed by atoms with Crippen molar-refractivity contribution in [2.24, 2.45) is 0 Å². The molecule has 3 heterocycles. The molecule has 4 rings (SSSR count). The quantitative estimate of drug-likeness (QED) is 0.484. The highest BCUT2D eigenvalue weighted by Crippen LogP contribution is 2.32. The van der Waals surface area contributed by atoms with Crippen molar-refractivity contribution in [2.75, 3.05) is 7.05 Å². The van der Waals surface area contributed by atoms with Gasteiger partial charge in [0, 0.05) is 18.9 Å². The molecule has 0 unspecified atom stereocenters. The first-order valence-corrected chi connectivity index (χ1v) is 10.3. The Balaban J connectivity index is 1.80. The van der Waals surface area contributed by atoms with Gasteiger partial charge in [0.05, 0.1) is 17.2 Å². The monoisotopic (exact) mass is 452 g/mol. The minimum atomic E-state index is -1.10. The number of aryl methyl sites for hydroxylation is 1. The van der Waals surface area contributed by atoms with Gasteiger partial charge in [-0.2, -0.15) is 0 Å². The van der Waals surface area contributed by atoms with Crippen molar-refractivity contribution in [2.45, 2.75) is 26.5 Å². The molecule has 2 amide bonds. The number of aromatic nitrogens is 2. The lowest BCUT2D eigenvalue weighted by atomic mass is 9.96. The summed E-state index contributed by atoms with van der Waals surface area (Å²) in [7, 11) is 1.53. The van der Waals surface area contributed by atoms with Gasteiger partial charge >= 0.3 is 12.0 Å². The van der Waals surface area contributed by atoms with Gasteiger partial charge in [0.1, 0.15) is 17.4 Å². The second-order valence-electron chi connectivity index (χ2n) is 7.51. The van der Waals surface area contributed by atoms with E-state index < -0.39 is 23.6 Å². The van der Waals surface area contributed by atoms with Gasteiger partial charge in [0.25, 0.3) is 5.56 Å². The third-order valence-corrected chi connectivity index (χ3v) is 5.80. The van der Waals surface area contributed by atoms with Crippen molar-refractivity contribution >= 4 is 29.2 Å². The zero-order valence-electron chi connectivity index (χ0n) is 17.8. The molecular formula is C23H21ClN4O4. The molecule has 32 heavy (non-hydrogen) atoms. The minimum Gasteiger partial charge on any atom is -0.457 e. The Morgan fingerprint density at radius 2 is 1.88 bits per heavy atom. The molecule has 0 saturated carbocycles. The Labute approximate surface area is 189 Å². The number of nitrogens with one attached hydrogen (secondary N) is 1. The van der Waals surface area contributed by atoms with Crippen molar-refractivity contribution in [3.05, 3.63) is 92.1 Å². The fraction of sp³-hybridized carbons (Fsp3) is 0.217. The number of urea groups is 1. The normalized spacial score (nSPS) is 16.3. The molecular weight excluding hydrogens is 432 g/mol. The van der Waals surface area contributed by atoms with Crippen LogP contribution in [0.25, 0.3) is 5.65 Å². The molecule has 1 N–H and O–H groups in total. The lowest BCUT2D eigenvalue weighted by molar-refractivity contribution is -0.141. The first-order valence-electron chi connectivity index (χ1n) is 9.93. The number of halogens is 1. The van der Waals surface area contributed by atoms with Crippen LogP contribution in [0.15, 0.2) is 64.7 Å². The van der Waals surface area contributed by atoms with Crippen LogP contribution in [0.2, 0.25) is 5.15 Å². The topological polar surface area (TPSA) is 93.0 Å². The number of ether oxygens (including phenoxy) is 1. The molecule has 2 aromatic heterocycles. The molecule has 9 heteroatoms. The number of allylic oxidation sites excluding steroid dienone is 1. The standard InChI is InChI=1S/C23H21ClN4O4/c1-13-8-7-11-28-20(13)26-19(24)17(21(28)29)18-16(14(2)27(3)23(31)25-18)22(30)32-12-15-9-5-4-6-10-15/h4-11,18H,12H2,1-3H3,(H,25,31)/t18-/m1/s1. The van der Waals surface area contributed by atoms with E-state index in [1.807, 2.05) is 43.3 Å². The Morgan fingerprint density at radius 3 is 2.59 bits per heavy atom. The van der Waals surface area contributed by atoms with E-state index in [-0.39, 0.29) is 22.9 Å². The third-order valence-electron chi connectivity index (χ3n) is 5.51. The van der Waals surface area contributed by atoms with Crippen LogP contribution in [0.5, 0.6) is 0 Å². The Morgan fingerprint density at radius 1 is 1.16 bits per heavy atom. The summed E-state index contributed by atoms with van der Waals surface area (Å²) >= 11 is 6.42. The van der Waals surface area contributed by atoms with Gasteiger partial charge in [0.2, 0.25) is 0 Å². The minimum absolute atomic E-state index is 0.00206. The van der Waals surface area contributed by atoms with Gasteiger partial charge < -0.3 is 15.0 Å². The predicted octanol–water partition coefficient (Wildman–Crippen LogP) is 3.37. The second kappa shape index (κ2) is 8.47. The van der Waals surface area contributed by atoms with Crippen molar-refractivity contribution in [1.29, 1.82) is 0 Å². The highest BCUT2D eigenvalue weighted by molar-refractivity contribution is 6.30. The number of nitrogens with zero attached hydrogens (tertiary/aromatic N) is 3. The summed E-state index contributed by atoms with van der Waals surface area (Å²) < 4.78 is 6.86. The highest BCUT2D eigenvalue weighted by atomic mass is 35.5. The summed E-state index contributed by atoms with van der Waals surface area (Å²) in [5, 5.41) is 2.61. The van der Waals surface area contributed by atoms with E-state index in [9.17, 15) is 14.4 Å². The molecule has 0 saturated heterocycles. The summed E-state index contributed by atoms with van der Waals surface area (Å²) in [4.78, 5) is 44.6. The summed E-state index contributed by atoms with van der Waals surface area (Å²) in [5.41, 5.74) is 1.99. The lowest BCUT2D eigenvalue weighted by Gasteiger charge is -2.33. The van der Waals surface area contributed by atoms with Crippen LogP contribution in [0.4, 0.5) is 4.79 Å². The van der Waals surface area contributed by atoms with Crippen LogP contribution < -0.4 is 10.9 Å². The van der Waals surface area contributed by atoms with Crippen LogP contribution in [0.1, 0.15) is 29.7 Å². The van der Waals surface area contributed by atoms with Crippen LogP contribution in [0, 0.1) is 6.92 Å². The lowest BCUT2D eigenvalue weighted by Crippen LogP contribution is -2.48. The number of fused-ring (bicyclic) bond motifs is 1. The smallest absolute Gasteiger partial charge is 0.338 e. The number of rotatable bonds is 4. The molecule has 164 valence electrons. The number of esters is 1. The van der Waals surface area contributed by atoms with E-state index in [1.165, 1.54) is 16.3 Å². The molecule has 1 atom stereocenters. The summed E-state index contributed by atoms with van der Waals surface area (Å²) in [6, 6.07) is 11.2. The molecule has 0 aliphatic carbocycles. The molecule has 1 aliphatic rings. The second-order valence-corrected chi connectivity index (χ2v) is 7.87. The van der Waals surface area contributed by atoms with Crippen molar-refractivity contribution in [3.63, 3.8) is 0 Å². The van der Waals surface area contributed by atoms with E-state index in [0.29, 0.717) is 11.3 Å². The van der Waals surface area contributed by atoms with Gasteiger partial charge in [-0.05, 0) is 31.0 Å². The maximum absolute atomic E-state index is 13.3. The summed E-state index contributed by atoms with van der Waals surface area (Å²) in [5.74, 6) is -0.659. The largest absolute Gasteiger partial charge is 0.457 e. The van der Waals surface area contributed by atoms with Gasteiger partial charge in [-0.25, -0.2) is 14.6 Å². The number of amides is 2. The zero-order chi connectivity index (χ0) is 23.0. The van der Waals surface area contributed by atoms with Crippen molar-refractivity contribution < 1.29 is 14.3 Å². The molecule has 1 aliphatic heterocycles. The highest BCUT2D eigenvalue weighted by Gasteiger charge is 2.38. The van der Waals surface area contributed by atoms with Gasteiger partial charge in [-0.15, -0.1) is 0 Å². The van der Waals surface area contributed by atoms with E-state index in [1.54, 1.807) is 19.2 Å². The molecule has 0 bridgehead atoms. The SMILES string of the molecule is CC1=C(C(=O)OCc2ccccc2)[C@H](c2c(Cl)nc3c(C)cccn3c2=O)NC(=O)N1C. The molecule has 3 aromatic rings. The maximum atomic E-state index is 13.3. The number of benzene rings is 1. The number of hydrogen-bond acceptors (Lipinski definition) is 5. The van der Waals surface area contributed by atoms with Crippen molar-refractivity contribution in [1.82, 2.24) is 19.6 Å². The fourth-order valence-electron chi connectivity index (χ4n) is 3.65. The van der Waals surface area contributed by atoms with Crippen LogP contribution in [0.3, 0.4) is 0 Å².